The highest BCUT2D eigenvalue weighted by molar-refractivity contribution is 5.95. The second-order valence-corrected chi connectivity index (χ2v) is 7.57. The van der Waals surface area contributed by atoms with Crippen LogP contribution in [-0.4, -0.2) is 49.2 Å². The van der Waals surface area contributed by atoms with Crippen molar-refractivity contribution in [2.45, 2.75) is 25.4 Å². The van der Waals surface area contributed by atoms with Gasteiger partial charge in [-0.2, -0.15) is 0 Å². The van der Waals surface area contributed by atoms with Crippen molar-refractivity contribution in [3.8, 4) is 0 Å². The van der Waals surface area contributed by atoms with E-state index in [4.69, 9.17) is 0 Å². The predicted molar refractivity (Wildman–Crippen MR) is 114 cm³/mol. The third-order valence-electron chi connectivity index (χ3n) is 5.44. The highest BCUT2D eigenvalue weighted by atomic mass is 16.2. The van der Waals surface area contributed by atoms with E-state index in [1.165, 1.54) is 5.56 Å². The number of urea groups is 2. The first-order chi connectivity index (χ1) is 14.2. The highest BCUT2D eigenvalue weighted by Crippen LogP contribution is 2.21. The molecule has 2 fully saturated rings. The normalized spacial score (nSPS) is 17.8. The number of benzene rings is 2. The van der Waals surface area contributed by atoms with Crippen LogP contribution in [0.1, 0.15) is 18.4 Å². The first-order valence-electron chi connectivity index (χ1n) is 10.2. The van der Waals surface area contributed by atoms with Crippen molar-refractivity contribution in [3.63, 3.8) is 0 Å². The summed E-state index contributed by atoms with van der Waals surface area (Å²) in [5.74, 6) is 0. The van der Waals surface area contributed by atoms with Crippen LogP contribution < -0.4 is 20.9 Å². The lowest BCUT2D eigenvalue weighted by Crippen LogP contribution is -2.45. The van der Waals surface area contributed by atoms with E-state index in [1.807, 2.05) is 30.3 Å². The maximum atomic E-state index is 12.4. The third-order valence-corrected chi connectivity index (χ3v) is 5.44. The Morgan fingerprint density at radius 2 is 1.83 bits per heavy atom. The minimum absolute atomic E-state index is 0.103. The van der Waals surface area contributed by atoms with Gasteiger partial charge in [-0.05, 0) is 36.6 Å². The van der Waals surface area contributed by atoms with E-state index in [9.17, 15) is 9.59 Å². The van der Waals surface area contributed by atoms with Crippen molar-refractivity contribution in [1.29, 1.82) is 0 Å². The molecule has 0 atom stereocenters. The van der Waals surface area contributed by atoms with Gasteiger partial charge in [-0.15, -0.1) is 0 Å². The largest absolute Gasteiger partial charge is 0.336 e. The lowest BCUT2D eigenvalue weighted by Gasteiger charge is -2.32. The standard InChI is InChI=1S/C22H27N5O2/c28-21(25-19-7-4-8-20(15-19)27-14-11-23-22(27)29)24-18-9-12-26(13-10-18)16-17-5-2-1-3-6-17/h1-8,15,18H,9-14,16H2,(H,23,29)(H2,24,25,28). The van der Waals surface area contributed by atoms with E-state index in [0.717, 1.165) is 38.2 Å². The number of rotatable bonds is 5. The second kappa shape index (κ2) is 8.96. The van der Waals surface area contributed by atoms with Gasteiger partial charge < -0.3 is 16.0 Å². The van der Waals surface area contributed by atoms with E-state index >= 15 is 0 Å². The first kappa shape index (κ1) is 19.3. The molecule has 7 nitrogen and oxygen atoms in total. The molecular weight excluding hydrogens is 366 g/mol. The minimum Gasteiger partial charge on any atom is -0.336 e. The van der Waals surface area contributed by atoms with E-state index in [-0.39, 0.29) is 18.1 Å². The van der Waals surface area contributed by atoms with Crippen LogP contribution in [0.3, 0.4) is 0 Å². The fourth-order valence-corrected chi connectivity index (χ4v) is 3.90. The van der Waals surface area contributed by atoms with Gasteiger partial charge in [0.1, 0.15) is 0 Å². The number of anilines is 2. The first-order valence-corrected chi connectivity index (χ1v) is 10.2. The SMILES string of the molecule is O=C(Nc1cccc(N2CCNC2=O)c1)NC1CCN(Cc2ccccc2)CC1. The van der Waals surface area contributed by atoms with E-state index in [1.54, 1.807) is 4.90 Å². The Morgan fingerprint density at radius 3 is 2.55 bits per heavy atom. The molecule has 4 rings (SSSR count). The molecule has 0 aliphatic carbocycles. The predicted octanol–water partition coefficient (Wildman–Crippen LogP) is 3.00. The summed E-state index contributed by atoms with van der Waals surface area (Å²) in [5.41, 5.74) is 2.79. The van der Waals surface area contributed by atoms with Gasteiger partial charge in [0, 0.05) is 50.1 Å². The molecule has 29 heavy (non-hydrogen) atoms. The van der Waals surface area contributed by atoms with Crippen LogP contribution in [0.2, 0.25) is 0 Å². The van der Waals surface area contributed by atoms with Crippen LogP contribution in [0.4, 0.5) is 21.0 Å². The van der Waals surface area contributed by atoms with E-state index in [0.29, 0.717) is 18.8 Å². The van der Waals surface area contributed by atoms with Gasteiger partial charge in [-0.3, -0.25) is 9.80 Å². The van der Waals surface area contributed by atoms with Gasteiger partial charge in [-0.25, -0.2) is 9.59 Å². The average molecular weight is 393 g/mol. The number of carbonyl (C=O) groups excluding carboxylic acids is 2. The lowest BCUT2D eigenvalue weighted by molar-refractivity contribution is 0.190. The van der Waals surface area contributed by atoms with Gasteiger partial charge in [0.2, 0.25) is 0 Å². The van der Waals surface area contributed by atoms with E-state index < -0.39 is 0 Å². The summed E-state index contributed by atoms with van der Waals surface area (Å²) in [6.45, 7) is 4.17. The van der Waals surface area contributed by atoms with Crippen molar-refractivity contribution in [2.24, 2.45) is 0 Å². The summed E-state index contributed by atoms with van der Waals surface area (Å²) in [6.07, 6.45) is 1.88. The van der Waals surface area contributed by atoms with Gasteiger partial charge in [-0.1, -0.05) is 36.4 Å². The fourth-order valence-electron chi connectivity index (χ4n) is 3.90. The number of nitrogens with zero attached hydrogens (tertiary/aromatic N) is 2. The van der Waals surface area contributed by atoms with Crippen molar-refractivity contribution >= 4 is 23.4 Å². The molecule has 2 aliphatic heterocycles. The molecule has 2 aromatic carbocycles. The molecule has 3 N–H and O–H groups in total. The Balaban J connectivity index is 1.25. The Morgan fingerprint density at radius 1 is 1.03 bits per heavy atom. The molecule has 0 aromatic heterocycles. The zero-order valence-corrected chi connectivity index (χ0v) is 16.4. The summed E-state index contributed by atoms with van der Waals surface area (Å²) in [6, 6.07) is 17.7. The molecule has 0 radical (unpaired) electrons. The topological polar surface area (TPSA) is 76.7 Å². The molecule has 7 heteroatoms. The van der Waals surface area contributed by atoms with Crippen LogP contribution in [0.5, 0.6) is 0 Å². The number of amides is 4. The zero-order valence-electron chi connectivity index (χ0n) is 16.4. The Labute approximate surface area is 171 Å². The molecule has 0 saturated carbocycles. The molecule has 0 spiro atoms. The monoisotopic (exact) mass is 393 g/mol. The number of likely N-dealkylation sites (tertiary alicyclic amines) is 1. The zero-order chi connectivity index (χ0) is 20.1. The lowest BCUT2D eigenvalue weighted by atomic mass is 10.0. The quantitative estimate of drug-likeness (QED) is 0.731. The van der Waals surface area contributed by atoms with Crippen LogP contribution in [-0.2, 0) is 6.54 Å². The highest BCUT2D eigenvalue weighted by Gasteiger charge is 2.22. The van der Waals surface area contributed by atoms with E-state index in [2.05, 4.69) is 45.1 Å². The smallest absolute Gasteiger partial charge is 0.321 e. The summed E-state index contributed by atoms with van der Waals surface area (Å²) in [7, 11) is 0. The van der Waals surface area contributed by atoms with Crippen molar-refractivity contribution in [3.05, 3.63) is 60.2 Å². The average Bonchev–Trinajstić information content (AvgIpc) is 3.16. The third kappa shape index (κ3) is 5.06. The maximum Gasteiger partial charge on any atom is 0.321 e. The number of carbonyl (C=O) groups is 2. The van der Waals surface area contributed by atoms with Crippen LogP contribution in [0.25, 0.3) is 0 Å². The van der Waals surface area contributed by atoms with Crippen molar-refractivity contribution < 1.29 is 9.59 Å². The van der Waals surface area contributed by atoms with Crippen molar-refractivity contribution in [1.82, 2.24) is 15.5 Å². The fraction of sp³-hybridized carbons (Fsp3) is 0.364. The number of piperidine rings is 1. The van der Waals surface area contributed by atoms with Crippen LogP contribution in [0, 0.1) is 0 Å². The molecule has 0 unspecified atom stereocenters. The van der Waals surface area contributed by atoms with Gasteiger partial charge in [0.15, 0.2) is 0 Å². The van der Waals surface area contributed by atoms with Gasteiger partial charge in [0.25, 0.3) is 0 Å². The molecule has 4 amide bonds. The molecule has 152 valence electrons. The summed E-state index contributed by atoms with van der Waals surface area (Å²) >= 11 is 0. The molecule has 2 saturated heterocycles. The summed E-state index contributed by atoms with van der Waals surface area (Å²) < 4.78 is 0. The number of hydrogen-bond donors (Lipinski definition) is 3. The van der Waals surface area contributed by atoms with Gasteiger partial charge in [0.05, 0.1) is 0 Å². The molecule has 2 aliphatic rings. The second-order valence-electron chi connectivity index (χ2n) is 7.57. The van der Waals surface area contributed by atoms with Gasteiger partial charge >= 0.3 is 12.1 Å². The molecule has 2 heterocycles. The Bertz CT molecular complexity index is 849. The Kier molecular flexibility index (Phi) is 5.95. The molecule has 2 aromatic rings. The summed E-state index contributed by atoms with van der Waals surface area (Å²) in [4.78, 5) is 28.3. The summed E-state index contributed by atoms with van der Waals surface area (Å²) in [5, 5.41) is 8.76. The Hall–Kier alpha value is -3.06. The minimum atomic E-state index is -0.200. The number of nitrogens with one attached hydrogen (secondary N) is 3. The van der Waals surface area contributed by atoms with Crippen molar-refractivity contribution in [2.75, 3.05) is 36.4 Å². The molecular formula is C22H27N5O2. The van der Waals surface area contributed by atoms with Crippen LogP contribution >= 0.6 is 0 Å². The van der Waals surface area contributed by atoms with Crippen LogP contribution in [0.15, 0.2) is 54.6 Å². The molecule has 0 bridgehead atoms. The maximum absolute atomic E-state index is 12.4. The number of hydrogen-bond acceptors (Lipinski definition) is 3.